The van der Waals surface area contributed by atoms with Crippen LogP contribution in [0.2, 0.25) is 5.02 Å². The van der Waals surface area contributed by atoms with Gasteiger partial charge < -0.3 is 4.90 Å². The lowest BCUT2D eigenvalue weighted by Gasteiger charge is -2.62. The van der Waals surface area contributed by atoms with E-state index in [1.165, 1.54) is 5.56 Å². The number of likely N-dealkylation sites (tertiary alicyclic amines) is 2. The Kier molecular flexibility index (Phi) is 5.23. The Morgan fingerprint density at radius 2 is 1.74 bits per heavy atom. The van der Waals surface area contributed by atoms with E-state index in [2.05, 4.69) is 35.9 Å². The van der Waals surface area contributed by atoms with E-state index in [0.29, 0.717) is 17.8 Å². The lowest BCUT2D eigenvalue weighted by atomic mass is 9.62. The van der Waals surface area contributed by atoms with E-state index >= 15 is 0 Å². The first-order chi connectivity index (χ1) is 15.0. The largest absolute Gasteiger partial charge is 0.337 e. The highest BCUT2D eigenvalue weighted by atomic mass is 35.5. The maximum absolute atomic E-state index is 13.2. The maximum Gasteiger partial charge on any atom is 0.272 e. The zero-order valence-electron chi connectivity index (χ0n) is 18.1. The molecule has 2 aromatic carbocycles. The molecule has 1 spiro atoms. The van der Waals surface area contributed by atoms with E-state index in [0.717, 1.165) is 48.4 Å². The molecule has 5 rings (SSSR count). The summed E-state index contributed by atoms with van der Waals surface area (Å²) in [5, 5.41) is 1.84. The van der Waals surface area contributed by atoms with Gasteiger partial charge in [0.1, 0.15) is 5.69 Å². The zero-order chi connectivity index (χ0) is 21.6. The molecule has 2 aliphatic rings. The van der Waals surface area contributed by atoms with Crippen LogP contribution in [0, 0.1) is 5.41 Å². The number of amides is 1. The predicted octanol–water partition coefficient (Wildman–Crippen LogP) is 5.58. The van der Waals surface area contributed by atoms with Crippen molar-refractivity contribution in [2.45, 2.75) is 38.8 Å². The van der Waals surface area contributed by atoms with Crippen LogP contribution in [0.3, 0.4) is 0 Å². The van der Waals surface area contributed by atoms with Gasteiger partial charge in [-0.15, -0.1) is 0 Å². The van der Waals surface area contributed by atoms with E-state index in [4.69, 9.17) is 11.6 Å². The van der Waals surface area contributed by atoms with E-state index < -0.39 is 0 Å². The Bertz CT molecular complexity index is 1100. The highest BCUT2D eigenvalue weighted by molar-refractivity contribution is 6.30. The van der Waals surface area contributed by atoms with Crippen molar-refractivity contribution in [3.8, 4) is 0 Å². The van der Waals surface area contributed by atoms with Crippen molar-refractivity contribution in [2.75, 3.05) is 19.6 Å². The Morgan fingerprint density at radius 3 is 2.45 bits per heavy atom. The SMILES string of the molecule is CC(C)N1CC2(CCN(C(=O)c3ccc4ccccc4n3)CC2)C1c1ccc(Cl)cc1. The lowest BCUT2D eigenvalue weighted by molar-refractivity contribution is -0.124. The molecule has 1 atom stereocenters. The first-order valence-corrected chi connectivity index (χ1v) is 11.5. The second-order valence-corrected chi connectivity index (χ2v) is 9.70. The molecule has 2 aliphatic heterocycles. The van der Waals surface area contributed by atoms with Crippen molar-refractivity contribution in [2.24, 2.45) is 5.41 Å². The first kappa shape index (κ1) is 20.5. The number of carbonyl (C=O) groups excluding carboxylic acids is 1. The number of rotatable bonds is 3. The fourth-order valence-electron chi connectivity index (χ4n) is 5.39. The number of hydrogen-bond donors (Lipinski definition) is 0. The zero-order valence-corrected chi connectivity index (χ0v) is 18.8. The number of fused-ring (bicyclic) bond motifs is 1. The summed E-state index contributed by atoms with van der Waals surface area (Å²) in [5.41, 5.74) is 2.98. The molecule has 4 nitrogen and oxygen atoms in total. The van der Waals surface area contributed by atoms with Crippen molar-refractivity contribution in [1.82, 2.24) is 14.8 Å². The molecule has 160 valence electrons. The average molecular weight is 434 g/mol. The highest BCUT2D eigenvalue weighted by Crippen LogP contribution is 2.55. The van der Waals surface area contributed by atoms with Crippen LogP contribution in [0.15, 0.2) is 60.7 Å². The van der Waals surface area contributed by atoms with E-state index in [1.54, 1.807) is 0 Å². The van der Waals surface area contributed by atoms with Gasteiger partial charge in [0, 0.05) is 47.5 Å². The van der Waals surface area contributed by atoms with Crippen LogP contribution in [-0.2, 0) is 0 Å². The molecule has 0 N–H and O–H groups in total. The van der Waals surface area contributed by atoms with E-state index in [9.17, 15) is 4.79 Å². The third-order valence-electron chi connectivity index (χ3n) is 7.12. The number of hydrogen-bond acceptors (Lipinski definition) is 3. The Labute approximate surface area is 188 Å². The number of aromatic nitrogens is 1. The van der Waals surface area contributed by atoms with Gasteiger partial charge in [-0.05, 0) is 56.5 Å². The lowest BCUT2D eigenvalue weighted by Crippen LogP contribution is -2.64. The quantitative estimate of drug-likeness (QED) is 0.541. The summed E-state index contributed by atoms with van der Waals surface area (Å²) >= 11 is 6.14. The summed E-state index contributed by atoms with van der Waals surface area (Å²) in [6.45, 7) is 7.18. The van der Waals surface area contributed by atoms with Crippen LogP contribution in [0.1, 0.15) is 48.8 Å². The van der Waals surface area contributed by atoms with Gasteiger partial charge in [-0.2, -0.15) is 0 Å². The molecule has 1 aromatic heterocycles. The fraction of sp³-hybridized carbons (Fsp3) is 0.385. The molecule has 0 bridgehead atoms. The van der Waals surface area contributed by atoms with Gasteiger partial charge >= 0.3 is 0 Å². The Hall–Kier alpha value is -2.43. The third-order valence-corrected chi connectivity index (χ3v) is 7.37. The first-order valence-electron chi connectivity index (χ1n) is 11.1. The van der Waals surface area contributed by atoms with Crippen LogP contribution in [0.25, 0.3) is 10.9 Å². The third kappa shape index (κ3) is 3.62. The monoisotopic (exact) mass is 433 g/mol. The molecule has 0 aliphatic carbocycles. The summed E-state index contributed by atoms with van der Waals surface area (Å²) in [7, 11) is 0. The molecule has 5 heteroatoms. The second kappa shape index (κ2) is 7.92. The fourth-order valence-corrected chi connectivity index (χ4v) is 5.51. The minimum Gasteiger partial charge on any atom is -0.337 e. The Morgan fingerprint density at radius 1 is 1.03 bits per heavy atom. The smallest absolute Gasteiger partial charge is 0.272 e. The number of piperidine rings is 1. The van der Waals surface area contributed by atoms with E-state index in [1.807, 2.05) is 53.4 Å². The van der Waals surface area contributed by atoms with Crippen LogP contribution >= 0.6 is 11.6 Å². The van der Waals surface area contributed by atoms with Gasteiger partial charge in [0.05, 0.1) is 5.52 Å². The molecule has 2 fully saturated rings. The van der Waals surface area contributed by atoms with Crippen LogP contribution in [0.4, 0.5) is 0 Å². The van der Waals surface area contributed by atoms with Gasteiger partial charge in [-0.3, -0.25) is 9.69 Å². The summed E-state index contributed by atoms with van der Waals surface area (Å²) in [4.78, 5) is 22.3. The van der Waals surface area contributed by atoms with Gasteiger partial charge in [-0.1, -0.05) is 48.0 Å². The van der Waals surface area contributed by atoms with Crippen molar-refractivity contribution in [3.05, 3.63) is 76.9 Å². The minimum absolute atomic E-state index is 0.0451. The molecular formula is C26H28ClN3O. The van der Waals surface area contributed by atoms with Gasteiger partial charge in [0.2, 0.25) is 0 Å². The van der Waals surface area contributed by atoms with Crippen molar-refractivity contribution >= 4 is 28.4 Å². The number of halogens is 1. The molecule has 1 unspecified atom stereocenters. The Balaban J connectivity index is 1.33. The number of pyridine rings is 1. The topological polar surface area (TPSA) is 36.4 Å². The molecule has 0 saturated carbocycles. The molecule has 0 radical (unpaired) electrons. The molecular weight excluding hydrogens is 406 g/mol. The normalized spacial score (nSPS) is 20.9. The maximum atomic E-state index is 13.2. The minimum atomic E-state index is 0.0451. The average Bonchev–Trinajstić information content (AvgIpc) is 2.78. The van der Waals surface area contributed by atoms with Crippen molar-refractivity contribution in [3.63, 3.8) is 0 Å². The molecule has 1 amide bonds. The molecule has 2 saturated heterocycles. The number of para-hydroxylation sites is 1. The van der Waals surface area contributed by atoms with Crippen molar-refractivity contribution < 1.29 is 4.79 Å². The van der Waals surface area contributed by atoms with Crippen LogP contribution < -0.4 is 0 Å². The summed E-state index contributed by atoms with van der Waals surface area (Å²) in [5.74, 6) is 0.0451. The van der Waals surface area contributed by atoms with Gasteiger partial charge in [0.25, 0.3) is 5.91 Å². The van der Waals surface area contributed by atoms with E-state index in [-0.39, 0.29) is 11.3 Å². The summed E-state index contributed by atoms with van der Waals surface area (Å²) < 4.78 is 0. The standard InChI is InChI=1S/C26H28ClN3O/c1-18(2)30-17-26(24(30)20-7-10-21(27)11-8-20)13-15-29(16-14-26)25(31)23-12-9-19-5-3-4-6-22(19)28-23/h3-12,18,24H,13-17H2,1-2H3. The van der Waals surface area contributed by atoms with Gasteiger partial charge in [-0.25, -0.2) is 4.98 Å². The predicted molar refractivity (Wildman–Crippen MR) is 125 cm³/mol. The van der Waals surface area contributed by atoms with Gasteiger partial charge in [0.15, 0.2) is 0 Å². The summed E-state index contributed by atoms with van der Waals surface area (Å²) in [6, 6.07) is 21.0. The highest BCUT2D eigenvalue weighted by Gasteiger charge is 2.54. The molecule has 31 heavy (non-hydrogen) atoms. The number of carbonyl (C=O) groups is 1. The van der Waals surface area contributed by atoms with Crippen molar-refractivity contribution in [1.29, 1.82) is 0 Å². The number of benzene rings is 2. The van der Waals surface area contributed by atoms with Crippen LogP contribution in [0.5, 0.6) is 0 Å². The number of nitrogens with zero attached hydrogens (tertiary/aromatic N) is 3. The molecule has 3 heterocycles. The van der Waals surface area contributed by atoms with Crippen LogP contribution in [-0.4, -0.2) is 46.4 Å². The summed E-state index contributed by atoms with van der Waals surface area (Å²) in [6.07, 6.45) is 2.03. The second-order valence-electron chi connectivity index (χ2n) is 9.26. The molecule has 3 aromatic rings.